The Morgan fingerprint density at radius 3 is 3.09 bits per heavy atom. The lowest BCUT2D eigenvalue weighted by Crippen LogP contribution is -2.44. The van der Waals surface area contributed by atoms with Crippen LogP contribution >= 0.6 is 22.9 Å². The summed E-state index contributed by atoms with van der Waals surface area (Å²) in [4.78, 5) is 17.6. The van der Waals surface area contributed by atoms with Crippen LogP contribution in [0.2, 0.25) is 4.34 Å². The highest BCUT2D eigenvalue weighted by Crippen LogP contribution is 2.22. The van der Waals surface area contributed by atoms with Gasteiger partial charge in [0.2, 0.25) is 0 Å². The van der Waals surface area contributed by atoms with Crippen molar-refractivity contribution in [1.82, 2.24) is 15.1 Å². The second kappa shape index (κ2) is 9.30. The molecule has 1 saturated heterocycles. The minimum Gasteiger partial charge on any atom is -0.337 e. The number of carbonyl (C=O) groups excluding carboxylic acids is 1. The van der Waals surface area contributed by atoms with Crippen LogP contribution in [0.5, 0.6) is 0 Å². The number of carbonyl (C=O) groups is 1. The molecule has 128 valence electrons. The molecule has 1 aliphatic rings. The van der Waals surface area contributed by atoms with Gasteiger partial charge in [0, 0.05) is 31.1 Å². The van der Waals surface area contributed by atoms with Crippen molar-refractivity contribution in [2.75, 3.05) is 32.7 Å². The smallest absolute Gasteiger partial charge is 0.318 e. The van der Waals surface area contributed by atoms with Crippen LogP contribution in [-0.2, 0) is 6.54 Å². The highest BCUT2D eigenvalue weighted by molar-refractivity contribution is 7.16. The number of piperidine rings is 1. The zero-order chi connectivity index (χ0) is 16.7. The average Bonchev–Trinajstić information content (AvgIpc) is 2.92. The molecule has 1 aromatic heterocycles. The van der Waals surface area contributed by atoms with Gasteiger partial charge >= 0.3 is 6.03 Å². The first-order chi connectivity index (χ1) is 11.1. The van der Waals surface area contributed by atoms with Crippen molar-refractivity contribution in [2.45, 2.75) is 26.3 Å². The van der Waals surface area contributed by atoms with Crippen molar-refractivity contribution >= 4 is 29.0 Å². The van der Waals surface area contributed by atoms with Gasteiger partial charge in [0.1, 0.15) is 0 Å². The fraction of sp³-hybridized carbons (Fsp3) is 0.588. The Bertz CT molecular complexity index is 520. The Hall–Kier alpha value is -1.04. The molecule has 1 fully saturated rings. The van der Waals surface area contributed by atoms with Gasteiger partial charge in [-0.25, -0.2) is 4.79 Å². The summed E-state index contributed by atoms with van der Waals surface area (Å²) in [6, 6.07) is 3.79. The summed E-state index contributed by atoms with van der Waals surface area (Å²) in [5.41, 5.74) is 0. The molecule has 0 bridgehead atoms. The molecule has 2 rings (SSSR count). The number of thiophene rings is 1. The van der Waals surface area contributed by atoms with Gasteiger partial charge in [-0.1, -0.05) is 24.6 Å². The van der Waals surface area contributed by atoms with E-state index in [1.165, 1.54) is 24.2 Å². The van der Waals surface area contributed by atoms with E-state index in [2.05, 4.69) is 23.7 Å². The molecule has 23 heavy (non-hydrogen) atoms. The normalized spacial score (nSPS) is 18.6. The Kier molecular flexibility index (Phi) is 7.40. The van der Waals surface area contributed by atoms with Gasteiger partial charge < -0.3 is 15.1 Å². The molecule has 2 heterocycles. The van der Waals surface area contributed by atoms with Gasteiger partial charge in [-0.05, 0) is 37.4 Å². The number of nitrogens with zero attached hydrogens (tertiary/aromatic N) is 2. The van der Waals surface area contributed by atoms with Crippen molar-refractivity contribution in [1.29, 1.82) is 0 Å². The number of hydrogen-bond acceptors (Lipinski definition) is 3. The molecule has 4 nitrogen and oxygen atoms in total. The third-order valence-corrected chi connectivity index (χ3v) is 5.27. The summed E-state index contributed by atoms with van der Waals surface area (Å²) in [5, 5.41) is 3.03. The van der Waals surface area contributed by atoms with Gasteiger partial charge in [-0.2, -0.15) is 0 Å². The standard InChI is InChI=1S/C17H26ClN3OS/c1-3-9-21(13-15-6-7-16(18)23-15)17(22)19-8-11-20-10-4-5-14(2)12-20/h3,6-7,14H,1,4-5,8-13H2,2H3,(H,19,22). The summed E-state index contributed by atoms with van der Waals surface area (Å²) in [6.45, 7) is 11.0. The number of urea groups is 1. The average molecular weight is 356 g/mol. The maximum Gasteiger partial charge on any atom is 0.318 e. The van der Waals surface area contributed by atoms with Crippen LogP contribution < -0.4 is 5.32 Å². The third kappa shape index (κ3) is 6.16. The van der Waals surface area contributed by atoms with E-state index in [1.54, 1.807) is 11.0 Å². The van der Waals surface area contributed by atoms with E-state index in [0.29, 0.717) is 19.6 Å². The summed E-state index contributed by atoms with van der Waals surface area (Å²) in [7, 11) is 0. The second-order valence-corrected chi connectivity index (χ2v) is 7.95. The lowest BCUT2D eigenvalue weighted by molar-refractivity contribution is 0.177. The lowest BCUT2D eigenvalue weighted by Gasteiger charge is -2.31. The van der Waals surface area contributed by atoms with Crippen LogP contribution in [0.1, 0.15) is 24.6 Å². The summed E-state index contributed by atoms with van der Waals surface area (Å²) >= 11 is 7.46. The molecule has 0 saturated carbocycles. The van der Waals surface area contributed by atoms with Crippen molar-refractivity contribution in [3.8, 4) is 0 Å². The van der Waals surface area contributed by atoms with Crippen molar-refractivity contribution in [2.24, 2.45) is 5.92 Å². The van der Waals surface area contributed by atoms with Gasteiger partial charge in [0.15, 0.2) is 0 Å². The van der Waals surface area contributed by atoms with Crippen LogP contribution in [0.15, 0.2) is 24.8 Å². The van der Waals surface area contributed by atoms with E-state index in [9.17, 15) is 4.79 Å². The van der Waals surface area contributed by atoms with E-state index in [4.69, 9.17) is 11.6 Å². The predicted octanol–water partition coefficient (Wildman–Crippen LogP) is 3.83. The monoisotopic (exact) mass is 355 g/mol. The van der Waals surface area contributed by atoms with E-state index in [1.807, 2.05) is 12.1 Å². The first-order valence-electron chi connectivity index (χ1n) is 8.18. The van der Waals surface area contributed by atoms with Crippen LogP contribution in [0.4, 0.5) is 4.79 Å². The van der Waals surface area contributed by atoms with Crippen LogP contribution in [-0.4, -0.2) is 48.6 Å². The predicted molar refractivity (Wildman–Crippen MR) is 98.2 cm³/mol. The minimum absolute atomic E-state index is 0.0421. The number of likely N-dealkylation sites (tertiary alicyclic amines) is 1. The van der Waals surface area contributed by atoms with Crippen molar-refractivity contribution in [3.05, 3.63) is 34.0 Å². The van der Waals surface area contributed by atoms with E-state index >= 15 is 0 Å². The molecule has 0 aromatic carbocycles. The maximum absolute atomic E-state index is 12.4. The van der Waals surface area contributed by atoms with E-state index < -0.39 is 0 Å². The quantitative estimate of drug-likeness (QED) is 0.754. The molecule has 0 radical (unpaired) electrons. The third-order valence-electron chi connectivity index (χ3n) is 4.06. The first kappa shape index (κ1) is 18.3. The number of nitrogens with one attached hydrogen (secondary N) is 1. The molecule has 6 heteroatoms. The molecule has 1 aliphatic heterocycles. The summed E-state index contributed by atoms with van der Waals surface area (Å²) in [6.07, 6.45) is 4.33. The first-order valence-corrected chi connectivity index (χ1v) is 9.38. The Morgan fingerprint density at radius 1 is 1.61 bits per heavy atom. The molecule has 0 spiro atoms. The van der Waals surface area contributed by atoms with Crippen LogP contribution in [0.25, 0.3) is 0 Å². The number of hydrogen-bond donors (Lipinski definition) is 1. The molecule has 1 unspecified atom stereocenters. The minimum atomic E-state index is -0.0421. The molecular weight excluding hydrogens is 330 g/mol. The van der Waals surface area contributed by atoms with Crippen LogP contribution in [0, 0.1) is 5.92 Å². The molecular formula is C17H26ClN3OS. The summed E-state index contributed by atoms with van der Waals surface area (Å²) in [5.74, 6) is 0.764. The Balaban J connectivity index is 1.77. The van der Waals surface area contributed by atoms with E-state index in [0.717, 1.165) is 34.8 Å². The Morgan fingerprint density at radius 2 is 2.43 bits per heavy atom. The van der Waals surface area contributed by atoms with E-state index in [-0.39, 0.29) is 6.03 Å². The fourth-order valence-electron chi connectivity index (χ4n) is 2.92. The zero-order valence-corrected chi connectivity index (χ0v) is 15.3. The second-order valence-electron chi connectivity index (χ2n) is 6.15. The fourth-order valence-corrected chi connectivity index (χ4v) is 4.03. The van der Waals surface area contributed by atoms with Crippen molar-refractivity contribution < 1.29 is 4.79 Å². The van der Waals surface area contributed by atoms with Crippen LogP contribution in [0.3, 0.4) is 0 Å². The molecule has 1 aromatic rings. The highest BCUT2D eigenvalue weighted by Gasteiger charge is 2.17. The molecule has 0 aliphatic carbocycles. The lowest BCUT2D eigenvalue weighted by atomic mass is 10.0. The van der Waals surface area contributed by atoms with Gasteiger partial charge in [-0.15, -0.1) is 17.9 Å². The zero-order valence-electron chi connectivity index (χ0n) is 13.8. The molecule has 1 N–H and O–H groups in total. The van der Waals surface area contributed by atoms with Gasteiger partial charge in [0.25, 0.3) is 0 Å². The van der Waals surface area contributed by atoms with Crippen molar-refractivity contribution in [3.63, 3.8) is 0 Å². The number of rotatable bonds is 7. The maximum atomic E-state index is 12.4. The highest BCUT2D eigenvalue weighted by atomic mass is 35.5. The Labute approximate surface area is 148 Å². The summed E-state index contributed by atoms with van der Waals surface area (Å²) < 4.78 is 0.748. The number of halogens is 1. The SMILES string of the molecule is C=CCN(Cc1ccc(Cl)s1)C(=O)NCCN1CCCC(C)C1. The molecule has 2 amide bonds. The topological polar surface area (TPSA) is 35.6 Å². The largest absolute Gasteiger partial charge is 0.337 e. The van der Waals surface area contributed by atoms with Gasteiger partial charge in [-0.3, -0.25) is 0 Å². The molecule has 1 atom stereocenters. The van der Waals surface area contributed by atoms with Gasteiger partial charge in [0.05, 0.1) is 10.9 Å². The number of amides is 2.